The van der Waals surface area contributed by atoms with Gasteiger partial charge < -0.3 is 5.32 Å². The van der Waals surface area contributed by atoms with E-state index >= 15 is 0 Å². The van der Waals surface area contributed by atoms with Crippen LogP contribution in [0.25, 0.3) is 0 Å². The first kappa shape index (κ1) is 19.4. The number of rotatable bonds is 5. The van der Waals surface area contributed by atoms with Crippen LogP contribution < -0.4 is 14.9 Å². The van der Waals surface area contributed by atoms with Crippen LogP contribution in [-0.4, -0.2) is 27.5 Å². The second-order valence-corrected chi connectivity index (χ2v) is 8.25. The van der Waals surface area contributed by atoms with Crippen molar-refractivity contribution >= 4 is 39.0 Å². The van der Waals surface area contributed by atoms with Gasteiger partial charge in [0.05, 0.1) is 15.6 Å². The summed E-state index contributed by atoms with van der Waals surface area (Å²) in [6, 6.07) is 8.03. The van der Waals surface area contributed by atoms with Gasteiger partial charge in [-0.1, -0.05) is 18.5 Å². The van der Waals surface area contributed by atoms with Gasteiger partial charge >= 0.3 is 6.03 Å². The Hall–Kier alpha value is -2.32. The van der Waals surface area contributed by atoms with Crippen molar-refractivity contribution < 1.29 is 17.6 Å². The number of hydrogen-bond donors (Lipinski definition) is 2. The molecule has 27 heavy (non-hydrogen) atoms. The summed E-state index contributed by atoms with van der Waals surface area (Å²) >= 11 is 5.69. The van der Waals surface area contributed by atoms with E-state index in [1.807, 2.05) is 6.92 Å². The third-order valence-electron chi connectivity index (χ3n) is 4.20. The maximum absolute atomic E-state index is 13.2. The van der Waals surface area contributed by atoms with Crippen molar-refractivity contribution in [2.45, 2.75) is 24.7 Å². The summed E-state index contributed by atoms with van der Waals surface area (Å²) in [5.41, 5.74) is 1.65. The molecule has 0 aromatic heterocycles. The summed E-state index contributed by atoms with van der Waals surface area (Å²) in [7, 11) is -3.87. The molecule has 6 nitrogen and oxygen atoms in total. The number of amides is 2. The van der Waals surface area contributed by atoms with Crippen molar-refractivity contribution in [2.75, 3.05) is 22.7 Å². The van der Waals surface area contributed by atoms with E-state index in [4.69, 9.17) is 11.6 Å². The van der Waals surface area contributed by atoms with Crippen molar-refractivity contribution in [1.82, 2.24) is 5.32 Å². The minimum absolute atomic E-state index is 0.0671. The predicted molar refractivity (Wildman–Crippen MR) is 103 cm³/mol. The first-order valence-electron chi connectivity index (χ1n) is 8.48. The highest BCUT2D eigenvalue weighted by Crippen LogP contribution is 2.31. The van der Waals surface area contributed by atoms with Gasteiger partial charge in [-0.3, -0.25) is 9.62 Å². The van der Waals surface area contributed by atoms with Crippen LogP contribution in [0.3, 0.4) is 0 Å². The molecule has 3 rings (SSSR count). The summed E-state index contributed by atoms with van der Waals surface area (Å²) in [4.78, 5) is 13.9. The van der Waals surface area contributed by atoms with E-state index in [1.54, 1.807) is 17.0 Å². The van der Waals surface area contributed by atoms with Crippen molar-refractivity contribution in [1.29, 1.82) is 0 Å². The first-order valence-corrected chi connectivity index (χ1v) is 10.3. The Morgan fingerprint density at radius 3 is 2.74 bits per heavy atom. The average molecular weight is 412 g/mol. The molecular formula is C18H19ClFN3O3S. The Balaban J connectivity index is 1.82. The number of carbonyl (C=O) groups excluding carboxylic acids is 1. The molecule has 0 aliphatic carbocycles. The van der Waals surface area contributed by atoms with Crippen LogP contribution in [-0.2, 0) is 16.4 Å². The quantitative estimate of drug-likeness (QED) is 0.786. The number of nitrogens with zero attached hydrogens (tertiary/aromatic N) is 1. The standard InChI is InChI=1S/C18H19ClFN3O3S/c1-2-8-21-18(24)23-9-7-12-10-14(4-6-17(12)23)27(25,26)22-13-3-5-16(20)15(19)11-13/h3-6,10-11,22H,2,7-9H2,1H3,(H,21,24). The Bertz CT molecular complexity index is 982. The number of urea groups is 1. The van der Waals surface area contributed by atoms with Crippen LogP contribution in [0.1, 0.15) is 18.9 Å². The molecule has 2 amide bonds. The molecule has 9 heteroatoms. The highest BCUT2D eigenvalue weighted by atomic mass is 35.5. The highest BCUT2D eigenvalue weighted by molar-refractivity contribution is 7.92. The lowest BCUT2D eigenvalue weighted by Crippen LogP contribution is -2.39. The van der Waals surface area contributed by atoms with Gasteiger partial charge in [0.15, 0.2) is 0 Å². The molecule has 0 radical (unpaired) electrons. The number of halogens is 2. The van der Waals surface area contributed by atoms with Crippen LogP contribution in [0, 0.1) is 5.82 Å². The minimum Gasteiger partial charge on any atom is -0.338 e. The Morgan fingerprint density at radius 2 is 2.04 bits per heavy atom. The molecule has 1 heterocycles. The van der Waals surface area contributed by atoms with Crippen LogP contribution in [0.5, 0.6) is 0 Å². The number of nitrogens with one attached hydrogen (secondary N) is 2. The van der Waals surface area contributed by atoms with Gasteiger partial charge in [0.25, 0.3) is 10.0 Å². The first-order chi connectivity index (χ1) is 12.8. The summed E-state index contributed by atoms with van der Waals surface area (Å²) in [5.74, 6) is -0.626. The average Bonchev–Trinajstić information content (AvgIpc) is 3.06. The van der Waals surface area contributed by atoms with E-state index in [0.29, 0.717) is 25.2 Å². The van der Waals surface area contributed by atoms with Crippen molar-refractivity contribution in [3.8, 4) is 0 Å². The van der Waals surface area contributed by atoms with Gasteiger partial charge in [-0.05, 0) is 54.8 Å². The largest absolute Gasteiger partial charge is 0.338 e. The smallest absolute Gasteiger partial charge is 0.321 e. The van der Waals surface area contributed by atoms with Crippen LogP contribution in [0.15, 0.2) is 41.3 Å². The Kier molecular flexibility index (Phi) is 5.57. The van der Waals surface area contributed by atoms with E-state index < -0.39 is 15.8 Å². The molecule has 144 valence electrons. The van der Waals surface area contributed by atoms with Crippen molar-refractivity contribution in [2.24, 2.45) is 0 Å². The number of anilines is 2. The molecule has 0 atom stereocenters. The van der Waals surface area contributed by atoms with E-state index in [2.05, 4.69) is 10.0 Å². The number of benzene rings is 2. The van der Waals surface area contributed by atoms with Crippen molar-refractivity contribution in [3.05, 3.63) is 52.8 Å². The van der Waals surface area contributed by atoms with Gasteiger partial charge in [0.1, 0.15) is 5.82 Å². The number of hydrogen-bond acceptors (Lipinski definition) is 3. The van der Waals surface area contributed by atoms with Gasteiger partial charge in [0.2, 0.25) is 0 Å². The summed E-state index contributed by atoms with van der Waals surface area (Å²) < 4.78 is 40.8. The van der Waals surface area contributed by atoms with Crippen molar-refractivity contribution in [3.63, 3.8) is 0 Å². The zero-order chi connectivity index (χ0) is 19.6. The molecule has 1 aliphatic heterocycles. The van der Waals surface area contributed by atoms with Gasteiger partial charge in [0, 0.05) is 18.8 Å². The fraction of sp³-hybridized carbons (Fsp3) is 0.278. The normalized spacial score (nSPS) is 13.4. The molecule has 2 aromatic rings. The molecule has 0 saturated heterocycles. The van der Waals surface area contributed by atoms with Gasteiger partial charge in [-0.25, -0.2) is 17.6 Å². The second kappa shape index (κ2) is 7.74. The monoisotopic (exact) mass is 411 g/mol. The SMILES string of the molecule is CCCNC(=O)N1CCc2cc(S(=O)(=O)Nc3ccc(F)c(Cl)c3)ccc21. The lowest BCUT2D eigenvalue weighted by Gasteiger charge is -2.18. The molecular weight excluding hydrogens is 393 g/mol. The molecule has 1 aliphatic rings. The second-order valence-electron chi connectivity index (χ2n) is 6.16. The third kappa shape index (κ3) is 4.17. The fourth-order valence-corrected chi connectivity index (χ4v) is 4.14. The molecule has 0 spiro atoms. The Morgan fingerprint density at radius 1 is 1.26 bits per heavy atom. The van der Waals surface area contributed by atoms with E-state index in [0.717, 1.165) is 18.1 Å². The van der Waals surface area contributed by atoms with Crippen LogP contribution in [0.4, 0.5) is 20.6 Å². The minimum atomic E-state index is -3.87. The summed E-state index contributed by atoms with van der Waals surface area (Å²) in [6.07, 6.45) is 1.41. The zero-order valence-electron chi connectivity index (χ0n) is 14.6. The summed E-state index contributed by atoms with van der Waals surface area (Å²) in [5, 5.41) is 2.65. The molecule has 0 saturated carbocycles. The van der Waals surface area contributed by atoms with Crippen LogP contribution >= 0.6 is 11.6 Å². The van der Waals surface area contributed by atoms with E-state index in [9.17, 15) is 17.6 Å². The number of sulfonamides is 1. The molecule has 0 unspecified atom stereocenters. The maximum Gasteiger partial charge on any atom is 0.321 e. The lowest BCUT2D eigenvalue weighted by atomic mass is 10.2. The maximum atomic E-state index is 13.2. The molecule has 2 N–H and O–H groups in total. The molecule has 0 fully saturated rings. The lowest BCUT2D eigenvalue weighted by molar-refractivity contribution is 0.247. The van der Waals surface area contributed by atoms with Gasteiger partial charge in [-0.15, -0.1) is 0 Å². The Labute approximate surface area is 162 Å². The predicted octanol–water partition coefficient (Wildman–Crippen LogP) is 3.76. The fourth-order valence-electron chi connectivity index (χ4n) is 2.86. The van der Waals surface area contributed by atoms with E-state index in [-0.39, 0.29) is 21.6 Å². The third-order valence-corrected chi connectivity index (χ3v) is 5.87. The van der Waals surface area contributed by atoms with E-state index in [1.165, 1.54) is 18.2 Å². The van der Waals surface area contributed by atoms with Crippen LogP contribution in [0.2, 0.25) is 5.02 Å². The number of fused-ring (bicyclic) bond motifs is 1. The zero-order valence-corrected chi connectivity index (χ0v) is 16.2. The van der Waals surface area contributed by atoms with Gasteiger partial charge in [-0.2, -0.15) is 0 Å². The topological polar surface area (TPSA) is 78.5 Å². The number of carbonyl (C=O) groups is 1. The molecule has 2 aromatic carbocycles. The summed E-state index contributed by atoms with van der Waals surface area (Å²) in [6.45, 7) is 3.05. The molecule has 0 bridgehead atoms. The highest BCUT2D eigenvalue weighted by Gasteiger charge is 2.26.